The fourth-order valence-corrected chi connectivity index (χ4v) is 3.40. The van der Waals surface area contributed by atoms with Gasteiger partial charge in [0.05, 0.1) is 11.2 Å². The topological polar surface area (TPSA) is 91.2 Å². The minimum absolute atomic E-state index is 0.141. The molecule has 0 saturated heterocycles. The SMILES string of the molecule is C/C(=C/c1ccc(Cl)cc1)c1ccc(OCc2ccc3ccccc3n2)cc1.NCC(N)CC=O. The fourth-order valence-electron chi connectivity index (χ4n) is 3.27. The third kappa shape index (κ3) is 8.34. The third-order valence-electron chi connectivity index (χ3n) is 5.31. The van der Waals surface area contributed by atoms with Crippen molar-refractivity contribution in [1.29, 1.82) is 0 Å². The number of carbonyl (C=O) groups excluding carboxylic acids is 1. The van der Waals surface area contributed by atoms with Gasteiger partial charge in [-0.25, -0.2) is 4.98 Å². The molecule has 0 bridgehead atoms. The van der Waals surface area contributed by atoms with E-state index in [0.29, 0.717) is 19.6 Å². The molecule has 3 aromatic carbocycles. The molecule has 1 atom stereocenters. The van der Waals surface area contributed by atoms with Crippen LogP contribution in [0, 0.1) is 0 Å². The van der Waals surface area contributed by atoms with Crippen LogP contribution in [0.2, 0.25) is 5.02 Å². The summed E-state index contributed by atoms with van der Waals surface area (Å²) < 4.78 is 5.91. The molecule has 0 radical (unpaired) electrons. The highest BCUT2D eigenvalue weighted by atomic mass is 35.5. The molecule has 6 heteroatoms. The summed E-state index contributed by atoms with van der Waals surface area (Å²) in [5, 5.41) is 1.88. The number of hydrogen-bond acceptors (Lipinski definition) is 5. The number of hydrogen-bond donors (Lipinski definition) is 2. The van der Waals surface area contributed by atoms with E-state index in [-0.39, 0.29) is 6.04 Å². The Morgan fingerprint density at radius 2 is 1.71 bits per heavy atom. The number of para-hydroxylation sites is 1. The number of nitrogens with zero attached hydrogens (tertiary/aromatic N) is 1. The Kier molecular flexibility index (Phi) is 9.99. The van der Waals surface area contributed by atoms with Crippen LogP contribution < -0.4 is 16.2 Å². The summed E-state index contributed by atoms with van der Waals surface area (Å²) >= 11 is 5.95. The number of pyridine rings is 1. The molecule has 1 heterocycles. The average Bonchev–Trinajstić information content (AvgIpc) is 2.89. The molecule has 0 aliphatic carbocycles. The summed E-state index contributed by atoms with van der Waals surface area (Å²) in [4.78, 5) is 14.3. The minimum atomic E-state index is -0.141. The molecule has 0 fully saturated rings. The van der Waals surface area contributed by atoms with E-state index in [0.717, 1.165) is 44.8 Å². The Morgan fingerprint density at radius 1 is 1.00 bits per heavy atom. The molecule has 0 aliphatic rings. The lowest BCUT2D eigenvalue weighted by atomic mass is 10.0. The average molecular weight is 488 g/mol. The zero-order valence-electron chi connectivity index (χ0n) is 19.7. The van der Waals surface area contributed by atoms with Crippen LogP contribution in [0.5, 0.6) is 5.75 Å². The van der Waals surface area contributed by atoms with Gasteiger partial charge < -0.3 is 21.0 Å². The Labute approximate surface area is 211 Å². The van der Waals surface area contributed by atoms with Gasteiger partial charge in [-0.1, -0.05) is 66.2 Å². The first-order chi connectivity index (χ1) is 17.0. The van der Waals surface area contributed by atoms with Gasteiger partial charge >= 0.3 is 0 Å². The van der Waals surface area contributed by atoms with Gasteiger partial charge in [0.1, 0.15) is 18.6 Å². The number of fused-ring (bicyclic) bond motifs is 1. The summed E-state index contributed by atoms with van der Waals surface area (Å²) in [7, 11) is 0. The van der Waals surface area contributed by atoms with E-state index in [1.165, 1.54) is 5.57 Å². The standard InChI is InChI=1S/C25H20ClNO.C4H10N2O/c1-18(16-19-6-11-22(26)12-7-19)20-9-14-24(15-10-20)28-17-23-13-8-21-4-2-3-5-25(21)27-23;5-3-4(6)1-2-7/h2-16H,17H2,1H3;2,4H,1,3,5-6H2/b18-16-;. The first kappa shape index (κ1) is 26.1. The van der Waals surface area contributed by atoms with Crippen molar-refractivity contribution in [2.24, 2.45) is 11.5 Å². The molecule has 180 valence electrons. The first-order valence-corrected chi connectivity index (χ1v) is 11.8. The number of allylic oxidation sites excluding steroid dienone is 1. The van der Waals surface area contributed by atoms with Gasteiger partial charge in [-0.05, 0) is 60.0 Å². The number of nitrogens with two attached hydrogens (primary N) is 2. The largest absolute Gasteiger partial charge is 0.487 e. The molecule has 4 N–H and O–H groups in total. The number of aromatic nitrogens is 1. The molecule has 1 unspecified atom stereocenters. The number of benzene rings is 3. The van der Waals surface area contributed by atoms with Crippen LogP contribution in [0.15, 0.2) is 84.9 Å². The normalized spacial score (nSPS) is 11.9. The van der Waals surface area contributed by atoms with E-state index < -0.39 is 0 Å². The molecule has 1 aromatic heterocycles. The van der Waals surface area contributed by atoms with Gasteiger partial charge in [0.25, 0.3) is 0 Å². The van der Waals surface area contributed by atoms with Gasteiger partial charge in [-0.3, -0.25) is 0 Å². The number of ether oxygens (including phenoxy) is 1. The van der Waals surface area contributed by atoms with Crippen molar-refractivity contribution in [3.05, 3.63) is 107 Å². The maximum absolute atomic E-state index is 9.64. The van der Waals surface area contributed by atoms with Crippen LogP contribution in [0.4, 0.5) is 0 Å². The summed E-state index contributed by atoms with van der Waals surface area (Å²) in [5.41, 5.74) is 15.7. The van der Waals surface area contributed by atoms with Crippen LogP contribution in [0.3, 0.4) is 0 Å². The maximum atomic E-state index is 9.64. The Bertz CT molecular complexity index is 1260. The smallest absolute Gasteiger partial charge is 0.130 e. The zero-order chi connectivity index (χ0) is 25.0. The second-order valence-electron chi connectivity index (χ2n) is 8.09. The van der Waals surface area contributed by atoms with Crippen molar-refractivity contribution in [2.45, 2.75) is 26.0 Å². The van der Waals surface area contributed by atoms with Gasteiger partial charge in [-0.15, -0.1) is 0 Å². The second-order valence-corrected chi connectivity index (χ2v) is 8.52. The van der Waals surface area contributed by atoms with Crippen molar-refractivity contribution in [1.82, 2.24) is 4.98 Å². The summed E-state index contributed by atoms with van der Waals surface area (Å²) in [5.74, 6) is 0.831. The van der Waals surface area contributed by atoms with Gasteiger partial charge in [-0.2, -0.15) is 0 Å². The Balaban J connectivity index is 0.000000429. The van der Waals surface area contributed by atoms with E-state index in [1.54, 1.807) is 0 Å². The van der Waals surface area contributed by atoms with Crippen molar-refractivity contribution < 1.29 is 9.53 Å². The highest BCUT2D eigenvalue weighted by Crippen LogP contribution is 2.22. The lowest BCUT2D eigenvalue weighted by Crippen LogP contribution is -2.29. The van der Waals surface area contributed by atoms with Crippen LogP contribution in [0.1, 0.15) is 30.2 Å². The van der Waals surface area contributed by atoms with Gasteiger partial charge in [0.2, 0.25) is 0 Å². The molecule has 0 saturated carbocycles. The number of aldehydes is 1. The summed E-state index contributed by atoms with van der Waals surface area (Å²) in [6.07, 6.45) is 3.29. The van der Waals surface area contributed by atoms with E-state index in [2.05, 4.69) is 42.2 Å². The predicted molar refractivity (Wildman–Crippen MR) is 145 cm³/mol. The van der Waals surface area contributed by atoms with Crippen LogP contribution in [-0.2, 0) is 11.4 Å². The van der Waals surface area contributed by atoms with E-state index in [4.69, 9.17) is 27.8 Å². The highest BCUT2D eigenvalue weighted by molar-refractivity contribution is 6.30. The van der Waals surface area contributed by atoms with Crippen molar-refractivity contribution in [3.63, 3.8) is 0 Å². The van der Waals surface area contributed by atoms with Crippen molar-refractivity contribution >= 4 is 40.4 Å². The van der Waals surface area contributed by atoms with Crippen LogP contribution in [-0.4, -0.2) is 23.9 Å². The fraction of sp³-hybridized carbons (Fsp3) is 0.172. The zero-order valence-corrected chi connectivity index (χ0v) is 20.5. The lowest BCUT2D eigenvalue weighted by molar-refractivity contribution is -0.108. The van der Waals surface area contributed by atoms with Crippen LogP contribution >= 0.6 is 11.6 Å². The van der Waals surface area contributed by atoms with E-state index in [1.807, 2.05) is 60.7 Å². The summed E-state index contributed by atoms with van der Waals surface area (Å²) in [6, 6.07) is 28.0. The van der Waals surface area contributed by atoms with Gasteiger partial charge in [0, 0.05) is 29.4 Å². The van der Waals surface area contributed by atoms with E-state index >= 15 is 0 Å². The highest BCUT2D eigenvalue weighted by Gasteiger charge is 2.02. The Morgan fingerprint density at radius 3 is 2.37 bits per heavy atom. The molecule has 0 spiro atoms. The number of rotatable bonds is 8. The molecule has 4 aromatic rings. The second kappa shape index (κ2) is 13.4. The molecule has 0 aliphatic heterocycles. The molecule has 0 amide bonds. The number of carbonyl (C=O) groups is 1. The monoisotopic (exact) mass is 487 g/mol. The summed E-state index contributed by atoms with van der Waals surface area (Å²) in [6.45, 7) is 2.94. The molecule has 4 rings (SSSR count). The lowest BCUT2D eigenvalue weighted by Gasteiger charge is -2.08. The third-order valence-corrected chi connectivity index (χ3v) is 5.56. The maximum Gasteiger partial charge on any atom is 0.130 e. The van der Waals surface area contributed by atoms with Crippen LogP contribution in [0.25, 0.3) is 22.6 Å². The Hall–Kier alpha value is -3.51. The molecular formula is C29H30ClN3O2. The predicted octanol–water partition coefficient (Wildman–Crippen LogP) is 5.89. The van der Waals surface area contributed by atoms with Crippen molar-refractivity contribution in [3.8, 4) is 5.75 Å². The molecular weight excluding hydrogens is 458 g/mol. The molecule has 35 heavy (non-hydrogen) atoms. The van der Waals surface area contributed by atoms with Crippen molar-refractivity contribution in [2.75, 3.05) is 6.54 Å². The molecule has 5 nitrogen and oxygen atoms in total. The quantitative estimate of drug-likeness (QED) is 0.239. The van der Waals surface area contributed by atoms with Gasteiger partial charge in [0.15, 0.2) is 0 Å². The first-order valence-electron chi connectivity index (χ1n) is 11.4. The minimum Gasteiger partial charge on any atom is -0.487 e. The van der Waals surface area contributed by atoms with E-state index in [9.17, 15) is 4.79 Å². The number of halogens is 1.